The number of ether oxygens (including phenoxy) is 1. The molecule has 7 nitrogen and oxygen atoms in total. The first-order chi connectivity index (χ1) is 11.2. The van der Waals surface area contributed by atoms with Crippen LogP contribution >= 0.6 is 11.3 Å². The van der Waals surface area contributed by atoms with Gasteiger partial charge in [0, 0.05) is 26.6 Å². The first-order valence-corrected chi connectivity index (χ1v) is 8.47. The molecule has 1 saturated heterocycles. The van der Waals surface area contributed by atoms with E-state index in [1.165, 1.54) is 16.0 Å². The van der Waals surface area contributed by atoms with E-state index in [9.17, 15) is 9.59 Å². The summed E-state index contributed by atoms with van der Waals surface area (Å²) in [4.78, 5) is 26.6. The predicted molar refractivity (Wildman–Crippen MR) is 85.3 cm³/mol. The Labute approximate surface area is 137 Å². The Balaban J connectivity index is 1.56. The van der Waals surface area contributed by atoms with Gasteiger partial charge < -0.3 is 14.1 Å². The smallest absolute Gasteiger partial charge is 0.387 e. The van der Waals surface area contributed by atoms with Crippen LogP contribution < -0.4 is 5.76 Å². The number of rotatable bonds is 5. The van der Waals surface area contributed by atoms with E-state index < -0.39 is 5.76 Å². The first kappa shape index (κ1) is 15.9. The zero-order valence-electron chi connectivity index (χ0n) is 12.9. The van der Waals surface area contributed by atoms with Gasteiger partial charge in [-0.3, -0.25) is 4.79 Å². The molecule has 1 aliphatic rings. The van der Waals surface area contributed by atoms with E-state index in [-0.39, 0.29) is 25.0 Å². The number of hydrogen-bond donors (Lipinski definition) is 0. The zero-order chi connectivity index (χ0) is 16.2. The number of thiophene rings is 1. The summed E-state index contributed by atoms with van der Waals surface area (Å²) < 4.78 is 11.6. The molecule has 0 spiro atoms. The van der Waals surface area contributed by atoms with Crippen molar-refractivity contribution in [3.8, 4) is 10.8 Å². The molecule has 23 heavy (non-hydrogen) atoms. The van der Waals surface area contributed by atoms with E-state index in [0.29, 0.717) is 19.0 Å². The van der Waals surface area contributed by atoms with Crippen LogP contribution in [0, 0.1) is 0 Å². The monoisotopic (exact) mass is 337 g/mol. The van der Waals surface area contributed by atoms with Crippen molar-refractivity contribution in [2.45, 2.75) is 31.9 Å². The fourth-order valence-corrected chi connectivity index (χ4v) is 3.29. The normalized spacial score (nSPS) is 16.0. The van der Waals surface area contributed by atoms with Gasteiger partial charge in [-0.2, -0.15) is 4.68 Å². The van der Waals surface area contributed by atoms with Crippen molar-refractivity contribution in [2.24, 2.45) is 0 Å². The highest BCUT2D eigenvalue weighted by Crippen LogP contribution is 2.21. The van der Waals surface area contributed by atoms with Crippen LogP contribution in [-0.4, -0.2) is 46.9 Å². The molecule has 124 valence electrons. The molecule has 2 aromatic heterocycles. The molecule has 1 amide bonds. The van der Waals surface area contributed by atoms with Gasteiger partial charge in [-0.15, -0.1) is 16.4 Å². The van der Waals surface area contributed by atoms with Crippen LogP contribution in [0.15, 0.2) is 26.7 Å². The van der Waals surface area contributed by atoms with E-state index in [1.807, 2.05) is 22.4 Å². The second-order valence-electron chi connectivity index (χ2n) is 5.44. The first-order valence-electron chi connectivity index (χ1n) is 7.60. The molecule has 0 bridgehead atoms. The number of aromatic nitrogens is 2. The Morgan fingerprint density at radius 3 is 2.91 bits per heavy atom. The maximum Gasteiger partial charge on any atom is 0.437 e. The van der Waals surface area contributed by atoms with Gasteiger partial charge in [0.25, 0.3) is 5.89 Å². The van der Waals surface area contributed by atoms with Gasteiger partial charge in [-0.05, 0) is 24.3 Å². The summed E-state index contributed by atoms with van der Waals surface area (Å²) in [6, 6.07) is 3.71. The van der Waals surface area contributed by atoms with Crippen molar-refractivity contribution < 1.29 is 13.9 Å². The summed E-state index contributed by atoms with van der Waals surface area (Å²) in [5.74, 6) is -0.190. The van der Waals surface area contributed by atoms with Crippen molar-refractivity contribution in [3.63, 3.8) is 0 Å². The van der Waals surface area contributed by atoms with Crippen LogP contribution in [0.25, 0.3) is 10.8 Å². The standard InChI is InChI=1S/C15H19N3O4S/c1-21-11-4-7-17(8-5-11)13(19)6-9-18-15(20)22-14(16-18)12-3-2-10-23-12/h2-3,10-11H,4-9H2,1H3. The molecule has 2 aromatic rings. The van der Waals surface area contributed by atoms with Crippen molar-refractivity contribution in [1.29, 1.82) is 0 Å². The largest absolute Gasteiger partial charge is 0.437 e. The van der Waals surface area contributed by atoms with Gasteiger partial charge >= 0.3 is 5.76 Å². The maximum atomic E-state index is 12.2. The third kappa shape index (κ3) is 3.70. The maximum absolute atomic E-state index is 12.2. The second-order valence-corrected chi connectivity index (χ2v) is 6.39. The van der Waals surface area contributed by atoms with Crippen molar-refractivity contribution in [1.82, 2.24) is 14.7 Å². The topological polar surface area (TPSA) is 77.6 Å². The lowest BCUT2D eigenvalue weighted by atomic mass is 10.1. The lowest BCUT2D eigenvalue weighted by Gasteiger charge is -2.31. The number of hydrogen-bond acceptors (Lipinski definition) is 6. The third-order valence-corrected chi connectivity index (χ3v) is 4.86. The summed E-state index contributed by atoms with van der Waals surface area (Å²) in [5.41, 5.74) is 0. The lowest BCUT2D eigenvalue weighted by Crippen LogP contribution is -2.41. The molecule has 3 rings (SSSR count). The van der Waals surface area contributed by atoms with E-state index in [0.717, 1.165) is 17.7 Å². The Bertz CT molecular complexity index is 699. The lowest BCUT2D eigenvalue weighted by molar-refractivity contribution is -0.133. The van der Waals surface area contributed by atoms with Crippen molar-refractivity contribution >= 4 is 17.2 Å². The Hall–Kier alpha value is -1.93. The van der Waals surface area contributed by atoms with Crippen LogP contribution in [0.3, 0.4) is 0 Å². The quantitative estimate of drug-likeness (QED) is 0.828. The predicted octanol–water partition coefficient (Wildman–Crippen LogP) is 1.59. The van der Waals surface area contributed by atoms with E-state index in [1.54, 1.807) is 7.11 Å². The van der Waals surface area contributed by atoms with Crippen LogP contribution in [0.1, 0.15) is 19.3 Å². The zero-order valence-corrected chi connectivity index (χ0v) is 13.8. The second kappa shape index (κ2) is 7.10. The fraction of sp³-hybridized carbons (Fsp3) is 0.533. The van der Waals surface area contributed by atoms with E-state index >= 15 is 0 Å². The Kier molecular flexibility index (Phi) is 4.92. The Morgan fingerprint density at radius 1 is 1.48 bits per heavy atom. The fourth-order valence-electron chi connectivity index (χ4n) is 2.65. The number of amides is 1. The molecule has 0 atom stereocenters. The molecule has 0 saturated carbocycles. The highest BCUT2D eigenvalue weighted by Gasteiger charge is 2.22. The average Bonchev–Trinajstić information content (AvgIpc) is 3.22. The molecule has 8 heteroatoms. The molecule has 0 aromatic carbocycles. The van der Waals surface area contributed by atoms with Crippen LogP contribution in [0.4, 0.5) is 0 Å². The highest BCUT2D eigenvalue weighted by atomic mass is 32.1. The van der Waals surface area contributed by atoms with E-state index in [4.69, 9.17) is 9.15 Å². The Morgan fingerprint density at radius 2 is 2.26 bits per heavy atom. The molecular formula is C15H19N3O4S. The minimum atomic E-state index is -0.528. The van der Waals surface area contributed by atoms with Crippen LogP contribution in [0.2, 0.25) is 0 Å². The molecular weight excluding hydrogens is 318 g/mol. The summed E-state index contributed by atoms with van der Waals surface area (Å²) in [6.07, 6.45) is 2.20. The van der Waals surface area contributed by atoms with Gasteiger partial charge in [0.2, 0.25) is 5.91 Å². The van der Waals surface area contributed by atoms with Crippen molar-refractivity contribution in [3.05, 3.63) is 28.1 Å². The molecule has 1 aliphatic heterocycles. The molecule has 0 aliphatic carbocycles. The van der Waals surface area contributed by atoms with E-state index in [2.05, 4.69) is 5.10 Å². The number of carbonyl (C=O) groups is 1. The highest BCUT2D eigenvalue weighted by molar-refractivity contribution is 7.13. The summed E-state index contributed by atoms with van der Waals surface area (Å²) in [6.45, 7) is 1.63. The molecule has 0 radical (unpaired) electrons. The van der Waals surface area contributed by atoms with Gasteiger partial charge in [0.15, 0.2) is 0 Å². The number of methoxy groups -OCH3 is 1. The summed E-state index contributed by atoms with van der Waals surface area (Å²) in [7, 11) is 1.70. The molecule has 0 unspecified atom stereocenters. The van der Waals surface area contributed by atoms with Gasteiger partial charge in [-0.25, -0.2) is 4.79 Å². The van der Waals surface area contributed by atoms with Gasteiger partial charge in [0.1, 0.15) is 0 Å². The van der Waals surface area contributed by atoms with Gasteiger partial charge in [-0.1, -0.05) is 6.07 Å². The van der Waals surface area contributed by atoms with Crippen LogP contribution in [-0.2, 0) is 16.1 Å². The molecule has 1 fully saturated rings. The third-order valence-electron chi connectivity index (χ3n) is 4.00. The SMILES string of the molecule is COC1CCN(C(=O)CCn2nc(-c3cccs3)oc2=O)CC1. The number of piperidine rings is 1. The average molecular weight is 337 g/mol. The molecule has 0 N–H and O–H groups in total. The minimum Gasteiger partial charge on any atom is -0.387 e. The van der Waals surface area contributed by atoms with Gasteiger partial charge in [0.05, 0.1) is 17.5 Å². The molecule has 3 heterocycles. The summed E-state index contributed by atoms with van der Waals surface area (Å²) >= 11 is 1.45. The minimum absolute atomic E-state index is 0.0344. The van der Waals surface area contributed by atoms with Crippen LogP contribution in [0.5, 0.6) is 0 Å². The number of nitrogens with zero attached hydrogens (tertiary/aromatic N) is 3. The van der Waals surface area contributed by atoms with Crippen molar-refractivity contribution in [2.75, 3.05) is 20.2 Å². The number of likely N-dealkylation sites (tertiary alicyclic amines) is 1. The summed E-state index contributed by atoms with van der Waals surface area (Å²) in [5, 5.41) is 6.04. The number of carbonyl (C=O) groups excluding carboxylic acids is 1. The number of aryl methyl sites for hydroxylation is 1.